The van der Waals surface area contributed by atoms with Crippen LogP contribution in [0, 0.1) is 19.8 Å². The number of nitrogens with one attached hydrogen (secondary N) is 1. The van der Waals surface area contributed by atoms with Crippen LogP contribution in [0.1, 0.15) is 34.6 Å². The minimum Gasteiger partial charge on any atom is -0.465 e. The third kappa shape index (κ3) is 5.62. The number of ether oxygens (including phenoxy) is 2. The smallest absolute Gasteiger partial charge is 0.337 e. The number of benzene rings is 1. The van der Waals surface area contributed by atoms with Crippen LogP contribution in [-0.4, -0.2) is 66.9 Å². The van der Waals surface area contributed by atoms with Crippen LogP contribution in [0.3, 0.4) is 0 Å². The number of aromatic nitrogens is 2. The van der Waals surface area contributed by atoms with Gasteiger partial charge in [0.2, 0.25) is 0 Å². The monoisotopic (exact) mass is 492 g/mol. The lowest BCUT2D eigenvalue weighted by molar-refractivity contribution is -0.152. The lowest BCUT2D eigenvalue weighted by atomic mass is 9.98. The number of imidazole rings is 1. The Morgan fingerprint density at radius 1 is 1.18 bits per heavy atom. The first-order chi connectivity index (χ1) is 16.0. The lowest BCUT2D eigenvalue weighted by Crippen LogP contribution is -2.41. The molecule has 0 unspecified atom stereocenters. The van der Waals surface area contributed by atoms with E-state index in [2.05, 4.69) is 15.0 Å². The molecule has 12 heteroatoms. The minimum atomic E-state index is -3.74. The Morgan fingerprint density at radius 3 is 2.44 bits per heavy atom. The van der Waals surface area contributed by atoms with Crippen molar-refractivity contribution in [1.82, 2.24) is 13.9 Å². The summed E-state index contributed by atoms with van der Waals surface area (Å²) in [6, 6.07) is 4.74. The number of amides is 1. The summed E-state index contributed by atoms with van der Waals surface area (Å²) in [5.41, 5.74) is 1.42. The largest absolute Gasteiger partial charge is 0.465 e. The Balaban J connectivity index is 1.51. The number of aryl methyl sites for hydroxylation is 3. The van der Waals surface area contributed by atoms with Gasteiger partial charge < -0.3 is 19.4 Å². The number of carbonyl (C=O) groups excluding carboxylic acids is 3. The van der Waals surface area contributed by atoms with Crippen molar-refractivity contribution in [3.05, 3.63) is 41.3 Å². The van der Waals surface area contributed by atoms with Crippen molar-refractivity contribution in [2.45, 2.75) is 31.7 Å². The van der Waals surface area contributed by atoms with Crippen molar-refractivity contribution >= 4 is 33.6 Å². The molecule has 0 spiro atoms. The fourth-order valence-electron chi connectivity index (χ4n) is 3.56. The van der Waals surface area contributed by atoms with E-state index in [4.69, 9.17) is 4.74 Å². The Bertz CT molecular complexity index is 1180. The van der Waals surface area contributed by atoms with E-state index in [0.29, 0.717) is 11.5 Å². The number of sulfonamides is 1. The Morgan fingerprint density at radius 2 is 1.85 bits per heavy atom. The van der Waals surface area contributed by atoms with Gasteiger partial charge in [-0.3, -0.25) is 9.59 Å². The summed E-state index contributed by atoms with van der Waals surface area (Å²) < 4.78 is 38.3. The standard InChI is InChI=1S/C22H28N4O7S/c1-14-5-6-17(21(28)32-4)11-18(14)24-19(27)13-33-22(29)16-7-9-26(10-8-16)34(30,31)20-12-25(3)15(2)23-20/h5-6,11-12,16H,7-10,13H2,1-4H3,(H,24,27). The predicted octanol–water partition coefficient (Wildman–Crippen LogP) is 1.41. The van der Waals surface area contributed by atoms with E-state index < -0.39 is 40.4 Å². The van der Waals surface area contributed by atoms with Crippen molar-refractivity contribution in [2.75, 3.05) is 32.1 Å². The number of nitrogens with zero attached hydrogens (tertiary/aromatic N) is 3. The zero-order valence-corrected chi connectivity index (χ0v) is 20.3. The molecule has 34 heavy (non-hydrogen) atoms. The second kappa shape index (κ2) is 10.3. The van der Waals surface area contributed by atoms with E-state index in [0.717, 1.165) is 5.56 Å². The van der Waals surface area contributed by atoms with Crippen molar-refractivity contribution in [2.24, 2.45) is 13.0 Å². The molecule has 1 amide bonds. The molecule has 184 valence electrons. The van der Waals surface area contributed by atoms with E-state index in [1.165, 1.54) is 23.7 Å². The molecule has 1 aliphatic rings. The van der Waals surface area contributed by atoms with Gasteiger partial charge in [-0.15, -0.1) is 0 Å². The number of methoxy groups -OCH3 is 1. The van der Waals surface area contributed by atoms with Gasteiger partial charge >= 0.3 is 11.9 Å². The maximum absolute atomic E-state index is 12.8. The summed E-state index contributed by atoms with van der Waals surface area (Å²) in [5.74, 6) is -1.56. The summed E-state index contributed by atoms with van der Waals surface area (Å²) in [6.07, 6.45) is 2.03. The zero-order chi connectivity index (χ0) is 25.0. The maximum Gasteiger partial charge on any atom is 0.337 e. The Hall–Kier alpha value is -3.25. The van der Waals surface area contributed by atoms with Crippen LogP contribution in [0.15, 0.2) is 29.4 Å². The highest BCUT2D eigenvalue weighted by Crippen LogP contribution is 2.24. The molecule has 11 nitrogen and oxygen atoms in total. The summed E-state index contributed by atoms with van der Waals surface area (Å²) in [6.45, 7) is 3.30. The molecule has 0 atom stereocenters. The second-order valence-corrected chi connectivity index (χ2v) is 9.98. The highest BCUT2D eigenvalue weighted by atomic mass is 32.2. The quantitative estimate of drug-likeness (QED) is 0.573. The fraction of sp³-hybridized carbons (Fsp3) is 0.455. The number of hydrogen-bond acceptors (Lipinski definition) is 8. The van der Waals surface area contributed by atoms with E-state index in [-0.39, 0.29) is 36.5 Å². The first-order valence-electron chi connectivity index (χ1n) is 10.7. The molecule has 1 fully saturated rings. The van der Waals surface area contributed by atoms with Gasteiger partial charge in [-0.2, -0.15) is 4.31 Å². The molecule has 1 saturated heterocycles. The lowest BCUT2D eigenvalue weighted by Gasteiger charge is -2.29. The first kappa shape index (κ1) is 25.4. The summed E-state index contributed by atoms with van der Waals surface area (Å²) in [7, 11) is -0.754. The summed E-state index contributed by atoms with van der Waals surface area (Å²) >= 11 is 0. The van der Waals surface area contributed by atoms with Crippen LogP contribution in [-0.2, 0) is 36.1 Å². The van der Waals surface area contributed by atoms with Gasteiger partial charge in [0.15, 0.2) is 11.6 Å². The van der Waals surface area contributed by atoms with Crippen molar-refractivity contribution in [3.8, 4) is 0 Å². The molecule has 0 aliphatic carbocycles. The van der Waals surface area contributed by atoms with Gasteiger partial charge in [-0.05, 0) is 44.4 Å². The highest BCUT2D eigenvalue weighted by Gasteiger charge is 2.34. The molecule has 0 radical (unpaired) electrons. The summed E-state index contributed by atoms with van der Waals surface area (Å²) in [4.78, 5) is 40.5. The zero-order valence-electron chi connectivity index (χ0n) is 19.5. The van der Waals surface area contributed by atoms with Crippen molar-refractivity contribution < 1.29 is 32.3 Å². The minimum absolute atomic E-state index is 0.0169. The van der Waals surface area contributed by atoms with Crippen LogP contribution < -0.4 is 5.32 Å². The molecular formula is C22H28N4O7S. The summed E-state index contributed by atoms with van der Waals surface area (Å²) in [5, 5.41) is 2.60. The molecule has 2 heterocycles. The molecule has 1 aromatic carbocycles. The normalized spacial score (nSPS) is 15.1. The number of hydrogen-bond donors (Lipinski definition) is 1. The van der Waals surface area contributed by atoms with E-state index >= 15 is 0 Å². The van der Waals surface area contributed by atoms with Gasteiger partial charge in [-0.1, -0.05) is 6.07 Å². The third-order valence-electron chi connectivity index (χ3n) is 5.76. The number of rotatable bonds is 7. The van der Waals surface area contributed by atoms with Gasteiger partial charge in [0.25, 0.3) is 15.9 Å². The van der Waals surface area contributed by atoms with Crippen LogP contribution in [0.4, 0.5) is 5.69 Å². The molecular weight excluding hydrogens is 464 g/mol. The fourth-order valence-corrected chi connectivity index (χ4v) is 5.05. The third-order valence-corrected chi connectivity index (χ3v) is 7.53. The topological polar surface area (TPSA) is 137 Å². The van der Waals surface area contributed by atoms with Crippen LogP contribution in [0.2, 0.25) is 0 Å². The highest BCUT2D eigenvalue weighted by molar-refractivity contribution is 7.89. The van der Waals surface area contributed by atoms with Crippen LogP contribution in [0.5, 0.6) is 0 Å². The van der Waals surface area contributed by atoms with Gasteiger partial charge in [0, 0.05) is 32.0 Å². The first-order valence-corrected chi connectivity index (χ1v) is 12.1. The van der Waals surface area contributed by atoms with Crippen LogP contribution in [0.25, 0.3) is 0 Å². The van der Waals surface area contributed by atoms with Crippen molar-refractivity contribution in [1.29, 1.82) is 0 Å². The Kier molecular flexibility index (Phi) is 7.72. The number of esters is 2. The number of anilines is 1. The molecule has 0 bridgehead atoms. The molecule has 3 rings (SSSR count). The van der Waals surface area contributed by atoms with Crippen molar-refractivity contribution in [3.63, 3.8) is 0 Å². The number of carbonyl (C=O) groups is 3. The average Bonchev–Trinajstić information content (AvgIpc) is 3.17. The maximum atomic E-state index is 12.8. The van der Waals surface area contributed by atoms with E-state index in [1.54, 1.807) is 37.6 Å². The molecule has 0 saturated carbocycles. The second-order valence-electron chi connectivity index (χ2n) is 8.09. The molecule has 1 aromatic heterocycles. The van der Waals surface area contributed by atoms with Crippen LogP contribution >= 0.6 is 0 Å². The van der Waals surface area contributed by atoms with Gasteiger partial charge in [-0.25, -0.2) is 18.2 Å². The van der Waals surface area contributed by atoms with Gasteiger partial charge in [0.1, 0.15) is 5.82 Å². The van der Waals surface area contributed by atoms with Gasteiger partial charge in [0.05, 0.1) is 18.6 Å². The molecule has 1 N–H and O–H groups in total. The Labute approximate surface area is 198 Å². The predicted molar refractivity (Wildman–Crippen MR) is 122 cm³/mol. The molecule has 1 aliphatic heterocycles. The average molecular weight is 493 g/mol. The van der Waals surface area contributed by atoms with E-state index in [9.17, 15) is 22.8 Å². The number of piperidine rings is 1. The van der Waals surface area contributed by atoms with E-state index in [1.807, 2.05) is 0 Å². The SMILES string of the molecule is COC(=O)c1ccc(C)c(NC(=O)COC(=O)C2CCN(S(=O)(=O)c3cn(C)c(C)n3)CC2)c1. The molecule has 2 aromatic rings.